The third kappa shape index (κ3) is 5.05. The molecule has 3 aliphatic rings. The Labute approximate surface area is 180 Å². The summed E-state index contributed by atoms with van der Waals surface area (Å²) in [5.74, 6) is 0.0886. The van der Waals surface area contributed by atoms with Gasteiger partial charge < -0.3 is 14.6 Å². The average Bonchev–Trinajstić information content (AvgIpc) is 2.66. The molecule has 166 valence electrons. The second kappa shape index (κ2) is 9.09. The molecule has 0 radical (unpaired) electrons. The summed E-state index contributed by atoms with van der Waals surface area (Å²) in [7, 11) is 0. The molecule has 0 spiro atoms. The van der Waals surface area contributed by atoms with Gasteiger partial charge in [-0.3, -0.25) is 9.59 Å². The van der Waals surface area contributed by atoms with Crippen molar-refractivity contribution >= 4 is 11.9 Å². The van der Waals surface area contributed by atoms with Crippen molar-refractivity contribution in [2.45, 2.75) is 91.5 Å². The van der Waals surface area contributed by atoms with Crippen LogP contribution in [0.3, 0.4) is 0 Å². The van der Waals surface area contributed by atoms with Crippen LogP contribution in [0.5, 0.6) is 0 Å². The van der Waals surface area contributed by atoms with E-state index in [1.54, 1.807) is 0 Å². The molecule has 5 atom stereocenters. The van der Waals surface area contributed by atoms with Gasteiger partial charge in [-0.05, 0) is 62.5 Å². The van der Waals surface area contributed by atoms with Gasteiger partial charge in [0, 0.05) is 6.42 Å². The molecule has 5 heteroatoms. The first-order valence-corrected chi connectivity index (χ1v) is 11.3. The Morgan fingerprint density at radius 2 is 2.03 bits per heavy atom. The predicted octanol–water partition coefficient (Wildman–Crippen LogP) is 4.65. The summed E-state index contributed by atoms with van der Waals surface area (Å²) in [6.45, 7) is 10.2. The minimum atomic E-state index is -0.617. The standard InChI is InChI=1S/C25H36O5/c1-6-25(4,5)24(28)30-21-12-15(2)11-17-8-7-16(3)20(23(17)21)10-9-19-13-18(26)14-22(27)29-19/h7-8,11,15-16,18-19,21,26H,6,9-10,12-14H2,1-5H3/t15-,16-,18+,19+,21-/m0/s1. The van der Waals surface area contributed by atoms with Crippen LogP contribution in [0.15, 0.2) is 34.9 Å². The second-order valence-electron chi connectivity index (χ2n) is 9.80. The van der Waals surface area contributed by atoms with Crippen LogP contribution >= 0.6 is 0 Å². The van der Waals surface area contributed by atoms with Gasteiger partial charge in [-0.2, -0.15) is 0 Å². The van der Waals surface area contributed by atoms with Crippen molar-refractivity contribution < 1.29 is 24.2 Å². The highest BCUT2D eigenvalue weighted by atomic mass is 16.6. The molecule has 0 bridgehead atoms. The molecular weight excluding hydrogens is 380 g/mol. The molecular formula is C25H36O5. The van der Waals surface area contributed by atoms with Crippen LogP contribution in [0, 0.1) is 17.3 Å². The maximum Gasteiger partial charge on any atom is 0.312 e. The molecule has 1 saturated heterocycles. The molecule has 0 aromatic heterocycles. The molecule has 0 aromatic rings. The van der Waals surface area contributed by atoms with Crippen molar-refractivity contribution in [3.05, 3.63) is 34.9 Å². The largest absolute Gasteiger partial charge is 0.462 e. The molecule has 0 saturated carbocycles. The number of carbonyl (C=O) groups excluding carboxylic acids is 2. The minimum absolute atomic E-state index is 0.0829. The average molecular weight is 417 g/mol. The van der Waals surface area contributed by atoms with Gasteiger partial charge in [0.25, 0.3) is 0 Å². The first kappa shape index (κ1) is 22.8. The number of esters is 2. The summed E-state index contributed by atoms with van der Waals surface area (Å²) >= 11 is 0. The number of rotatable bonds is 6. The first-order valence-electron chi connectivity index (χ1n) is 11.3. The molecule has 30 heavy (non-hydrogen) atoms. The summed E-state index contributed by atoms with van der Waals surface area (Å²) in [6, 6.07) is 0. The predicted molar refractivity (Wildman–Crippen MR) is 116 cm³/mol. The van der Waals surface area contributed by atoms with Crippen molar-refractivity contribution in [3.8, 4) is 0 Å². The number of cyclic esters (lactones) is 1. The van der Waals surface area contributed by atoms with Gasteiger partial charge in [0.1, 0.15) is 12.2 Å². The van der Waals surface area contributed by atoms with Crippen LogP contribution in [0.4, 0.5) is 0 Å². The lowest BCUT2D eigenvalue weighted by Crippen LogP contribution is -2.35. The number of aliphatic hydroxyl groups excluding tert-OH is 1. The van der Waals surface area contributed by atoms with Gasteiger partial charge in [0.2, 0.25) is 0 Å². The zero-order valence-electron chi connectivity index (χ0n) is 18.9. The topological polar surface area (TPSA) is 72.8 Å². The molecule has 2 aliphatic carbocycles. The summed E-state index contributed by atoms with van der Waals surface area (Å²) < 4.78 is 11.5. The van der Waals surface area contributed by atoms with E-state index < -0.39 is 11.5 Å². The number of aliphatic hydroxyl groups is 1. The van der Waals surface area contributed by atoms with Gasteiger partial charge in [0.15, 0.2) is 0 Å². The lowest BCUT2D eigenvalue weighted by Gasteiger charge is -2.36. The second-order valence-corrected chi connectivity index (χ2v) is 9.80. The van der Waals surface area contributed by atoms with Gasteiger partial charge in [-0.25, -0.2) is 0 Å². The van der Waals surface area contributed by atoms with Gasteiger partial charge in [-0.1, -0.05) is 44.6 Å². The monoisotopic (exact) mass is 416 g/mol. The van der Waals surface area contributed by atoms with E-state index in [0.717, 1.165) is 30.4 Å². The SMILES string of the molecule is CCC(C)(C)C(=O)O[C@H]1C[C@@H](C)C=C2C=C[C@H](C)C(CC[C@@H]3C[C@@H](O)CC(=O)O3)=C21. The zero-order valence-corrected chi connectivity index (χ0v) is 18.9. The van der Waals surface area contributed by atoms with Crippen molar-refractivity contribution in [1.29, 1.82) is 0 Å². The zero-order chi connectivity index (χ0) is 22.1. The van der Waals surface area contributed by atoms with Gasteiger partial charge in [0.05, 0.1) is 17.9 Å². The highest BCUT2D eigenvalue weighted by molar-refractivity contribution is 5.76. The van der Waals surface area contributed by atoms with Gasteiger partial charge in [-0.15, -0.1) is 0 Å². The molecule has 3 rings (SSSR count). The molecule has 1 fully saturated rings. The maximum atomic E-state index is 12.8. The van der Waals surface area contributed by atoms with Crippen LogP contribution in [0.2, 0.25) is 0 Å². The fourth-order valence-corrected chi connectivity index (χ4v) is 4.51. The highest BCUT2D eigenvalue weighted by Crippen LogP contribution is 2.41. The molecule has 0 aromatic carbocycles. The third-order valence-corrected chi connectivity index (χ3v) is 6.80. The first-order chi connectivity index (χ1) is 14.1. The summed E-state index contributed by atoms with van der Waals surface area (Å²) in [5, 5.41) is 9.91. The van der Waals surface area contributed by atoms with Crippen LogP contribution in [0.25, 0.3) is 0 Å². The van der Waals surface area contributed by atoms with Crippen molar-refractivity contribution in [2.75, 3.05) is 0 Å². The van der Waals surface area contributed by atoms with Crippen LogP contribution < -0.4 is 0 Å². The molecule has 1 N–H and O–H groups in total. The normalized spacial score (nSPS) is 31.7. The lowest BCUT2D eigenvalue weighted by atomic mass is 9.75. The Kier molecular flexibility index (Phi) is 6.91. The summed E-state index contributed by atoms with van der Waals surface area (Å²) in [6.07, 6.45) is 8.98. The number of ether oxygens (including phenoxy) is 2. The Morgan fingerprint density at radius 3 is 2.70 bits per heavy atom. The molecule has 1 aliphatic heterocycles. The van der Waals surface area contributed by atoms with Crippen LogP contribution in [-0.4, -0.2) is 35.4 Å². The Bertz CT molecular complexity index is 772. The minimum Gasteiger partial charge on any atom is -0.462 e. The fourth-order valence-electron chi connectivity index (χ4n) is 4.51. The smallest absolute Gasteiger partial charge is 0.312 e. The Morgan fingerprint density at radius 1 is 1.30 bits per heavy atom. The third-order valence-electron chi connectivity index (χ3n) is 6.80. The Balaban J connectivity index is 1.84. The van der Waals surface area contributed by atoms with Crippen LogP contribution in [-0.2, 0) is 19.1 Å². The van der Waals surface area contributed by atoms with E-state index >= 15 is 0 Å². The number of hydrogen-bond donors (Lipinski definition) is 1. The molecule has 1 heterocycles. The van der Waals surface area contributed by atoms with E-state index in [9.17, 15) is 14.7 Å². The van der Waals surface area contributed by atoms with E-state index in [-0.39, 0.29) is 36.5 Å². The van der Waals surface area contributed by atoms with Gasteiger partial charge >= 0.3 is 11.9 Å². The molecule has 5 nitrogen and oxygen atoms in total. The van der Waals surface area contributed by atoms with E-state index in [4.69, 9.17) is 9.47 Å². The molecule has 0 unspecified atom stereocenters. The summed E-state index contributed by atoms with van der Waals surface area (Å²) in [4.78, 5) is 24.5. The lowest BCUT2D eigenvalue weighted by molar-refractivity contribution is -0.161. The van der Waals surface area contributed by atoms with Crippen molar-refractivity contribution in [3.63, 3.8) is 0 Å². The number of hydrogen-bond acceptors (Lipinski definition) is 5. The van der Waals surface area contributed by atoms with E-state index in [0.29, 0.717) is 18.8 Å². The maximum absolute atomic E-state index is 12.8. The van der Waals surface area contributed by atoms with E-state index in [1.807, 2.05) is 20.8 Å². The quantitative estimate of drug-likeness (QED) is 0.638. The Hall–Kier alpha value is -1.88. The summed E-state index contributed by atoms with van der Waals surface area (Å²) in [5.41, 5.74) is 3.02. The highest BCUT2D eigenvalue weighted by Gasteiger charge is 2.36. The number of fused-ring (bicyclic) bond motifs is 1. The van der Waals surface area contributed by atoms with E-state index in [2.05, 4.69) is 32.1 Å². The number of allylic oxidation sites excluding steroid dienone is 4. The van der Waals surface area contributed by atoms with E-state index in [1.165, 1.54) is 5.57 Å². The van der Waals surface area contributed by atoms with Crippen molar-refractivity contribution in [2.24, 2.45) is 17.3 Å². The number of carbonyl (C=O) groups is 2. The van der Waals surface area contributed by atoms with Crippen LogP contribution in [0.1, 0.15) is 73.1 Å². The molecule has 0 amide bonds. The fraction of sp³-hybridized carbons (Fsp3) is 0.680. The van der Waals surface area contributed by atoms with Crippen molar-refractivity contribution in [1.82, 2.24) is 0 Å².